The molecule has 0 fully saturated rings. The Bertz CT molecular complexity index is 1260. The third-order valence-electron chi connectivity index (χ3n) is 4.80. The number of carbonyl (C=O) groups excluding carboxylic acids is 1. The number of halogens is 3. The molecule has 0 aliphatic rings. The van der Waals surface area contributed by atoms with Crippen LogP contribution < -0.4 is 10.3 Å². The van der Waals surface area contributed by atoms with Crippen molar-refractivity contribution in [2.24, 2.45) is 0 Å². The van der Waals surface area contributed by atoms with Crippen LogP contribution in [0.15, 0.2) is 59.5 Å². The van der Waals surface area contributed by atoms with Gasteiger partial charge in [-0.1, -0.05) is 45.0 Å². The van der Waals surface area contributed by atoms with Crippen LogP contribution in [0, 0.1) is 0 Å². The fourth-order valence-corrected chi connectivity index (χ4v) is 3.92. The largest absolute Gasteiger partial charge is 0.435 e. The van der Waals surface area contributed by atoms with Crippen molar-refractivity contribution in [1.82, 2.24) is 20.0 Å². The second kappa shape index (κ2) is 8.64. The van der Waals surface area contributed by atoms with Gasteiger partial charge in [0.15, 0.2) is 5.69 Å². The normalized spacial score (nSPS) is 12.6. The lowest BCUT2D eigenvalue weighted by Gasteiger charge is -2.19. The molecule has 2 aromatic carbocycles. The van der Waals surface area contributed by atoms with Crippen LogP contribution in [0.4, 0.5) is 13.2 Å². The Morgan fingerprint density at radius 1 is 0.970 bits per heavy atom. The van der Waals surface area contributed by atoms with Gasteiger partial charge in [-0.2, -0.15) is 18.3 Å². The summed E-state index contributed by atoms with van der Waals surface area (Å²) in [7, 11) is -4.05. The SMILES string of the molecule is CC(=O)NNS(=O)(=O)c1ccc(-n2nc(C(F)(F)F)cc2-c2ccc(C(C)(C)C)cc2)cc1. The molecule has 2 N–H and O–H groups in total. The summed E-state index contributed by atoms with van der Waals surface area (Å²) in [6, 6.07) is 13.2. The molecule has 3 rings (SSSR count). The topological polar surface area (TPSA) is 93.1 Å². The lowest BCUT2D eigenvalue weighted by Crippen LogP contribution is -2.40. The van der Waals surface area contributed by atoms with Crippen LogP contribution in [0.2, 0.25) is 0 Å². The first kappa shape index (κ1) is 24.5. The molecule has 3 aromatic rings. The Morgan fingerprint density at radius 2 is 1.55 bits per heavy atom. The summed E-state index contributed by atoms with van der Waals surface area (Å²) < 4.78 is 65.8. The standard InChI is InChI=1S/C22H23F3N4O3S/c1-14(30)26-28-33(31,32)18-11-9-17(10-12-18)29-19(13-20(27-29)22(23,24)25)15-5-7-16(8-6-15)21(2,3)4/h5-13,28H,1-4H3,(H,26,30). The molecule has 11 heteroatoms. The Balaban J connectivity index is 2.04. The first-order valence-corrected chi connectivity index (χ1v) is 11.3. The van der Waals surface area contributed by atoms with E-state index in [1.165, 1.54) is 24.3 Å². The zero-order valence-electron chi connectivity index (χ0n) is 18.4. The number of carbonyl (C=O) groups is 1. The minimum atomic E-state index is -4.66. The Hall–Kier alpha value is -3.18. The third kappa shape index (κ3) is 5.60. The highest BCUT2D eigenvalue weighted by Crippen LogP contribution is 2.34. The van der Waals surface area contributed by atoms with Gasteiger partial charge < -0.3 is 0 Å². The summed E-state index contributed by atoms with van der Waals surface area (Å²) in [4.78, 5) is 12.7. The lowest BCUT2D eigenvalue weighted by molar-refractivity contribution is -0.141. The molecule has 0 spiro atoms. The summed E-state index contributed by atoms with van der Waals surface area (Å²) in [5, 5.41) is 3.72. The molecule has 0 saturated heterocycles. The van der Waals surface area contributed by atoms with Crippen LogP contribution in [0.3, 0.4) is 0 Å². The molecule has 0 aliphatic heterocycles. The van der Waals surface area contributed by atoms with E-state index in [0.29, 0.717) is 5.56 Å². The number of benzene rings is 2. The zero-order valence-corrected chi connectivity index (χ0v) is 19.2. The minimum Gasteiger partial charge on any atom is -0.278 e. The van der Waals surface area contributed by atoms with Gasteiger partial charge in [0.25, 0.3) is 10.0 Å². The molecule has 176 valence electrons. The van der Waals surface area contributed by atoms with E-state index in [0.717, 1.165) is 23.2 Å². The quantitative estimate of drug-likeness (QED) is 0.536. The summed E-state index contributed by atoms with van der Waals surface area (Å²) in [5.41, 5.74) is 2.77. The molecular weight excluding hydrogens is 457 g/mol. The van der Waals surface area contributed by atoms with Gasteiger partial charge >= 0.3 is 6.18 Å². The number of aromatic nitrogens is 2. The number of amides is 1. The van der Waals surface area contributed by atoms with Crippen molar-refractivity contribution in [2.75, 3.05) is 0 Å². The second-order valence-corrected chi connectivity index (χ2v) is 10.1. The van der Waals surface area contributed by atoms with Crippen LogP contribution in [-0.4, -0.2) is 24.1 Å². The van der Waals surface area contributed by atoms with Crippen molar-refractivity contribution in [3.05, 3.63) is 65.9 Å². The summed E-state index contributed by atoms with van der Waals surface area (Å²) in [6.07, 6.45) is -4.66. The molecule has 7 nitrogen and oxygen atoms in total. The summed E-state index contributed by atoms with van der Waals surface area (Å²) >= 11 is 0. The first-order valence-electron chi connectivity index (χ1n) is 9.85. The number of alkyl halides is 3. The van der Waals surface area contributed by atoms with Gasteiger partial charge in [0.1, 0.15) is 0 Å². The summed E-state index contributed by atoms with van der Waals surface area (Å²) in [6.45, 7) is 7.23. The average Bonchev–Trinajstić information content (AvgIpc) is 3.18. The van der Waals surface area contributed by atoms with E-state index in [9.17, 15) is 26.4 Å². The Labute approximate surface area is 189 Å². The maximum atomic E-state index is 13.4. The average molecular weight is 481 g/mol. The van der Waals surface area contributed by atoms with E-state index in [4.69, 9.17) is 0 Å². The predicted octanol–water partition coefficient (Wildman–Crippen LogP) is 4.19. The zero-order chi connectivity index (χ0) is 24.6. The van der Waals surface area contributed by atoms with Gasteiger partial charge in [0.05, 0.1) is 16.3 Å². The number of sulfonamides is 1. The van der Waals surface area contributed by atoms with Crippen molar-refractivity contribution < 1.29 is 26.4 Å². The van der Waals surface area contributed by atoms with Gasteiger partial charge in [0.2, 0.25) is 5.91 Å². The molecule has 0 radical (unpaired) electrons. The number of hydrogen-bond acceptors (Lipinski definition) is 4. The van der Waals surface area contributed by atoms with Gasteiger partial charge in [-0.3, -0.25) is 10.2 Å². The molecule has 1 heterocycles. The molecule has 0 unspecified atom stereocenters. The van der Waals surface area contributed by atoms with E-state index in [-0.39, 0.29) is 21.7 Å². The Kier molecular flexibility index (Phi) is 6.40. The molecule has 1 amide bonds. The van der Waals surface area contributed by atoms with Crippen LogP contribution in [0.5, 0.6) is 0 Å². The number of hydrazine groups is 1. The van der Waals surface area contributed by atoms with Crippen molar-refractivity contribution in [3.8, 4) is 16.9 Å². The smallest absolute Gasteiger partial charge is 0.278 e. The summed E-state index contributed by atoms with van der Waals surface area (Å²) in [5.74, 6) is -0.603. The van der Waals surface area contributed by atoms with Crippen molar-refractivity contribution in [1.29, 1.82) is 0 Å². The molecule has 33 heavy (non-hydrogen) atoms. The van der Waals surface area contributed by atoms with E-state index < -0.39 is 27.8 Å². The van der Waals surface area contributed by atoms with Gasteiger partial charge in [0, 0.05) is 12.5 Å². The highest BCUT2D eigenvalue weighted by atomic mass is 32.2. The van der Waals surface area contributed by atoms with Gasteiger partial charge in [-0.25, -0.2) is 13.1 Å². The molecular formula is C22H23F3N4O3S. The molecule has 1 aromatic heterocycles. The highest BCUT2D eigenvalue weighted by molar-refractivity contribution is 7.89. The number of rotatable bonds is 5. The van der Waals surface area contributed by atoms with Crippen molar-refractivity contribution >= 4 is 15.9 Å². The third-order valence-corrected chi connectivity index (χ3v) is 6.06. The predicted molar refractivity (Wildman–Crippen MR) is 117 cm³/mol. The Morgan fingerprint density at radius 3 is 2.03 bits per heavy atom. The van der Waals surface area contributed by atoms with Crippen LogP contribution >= 0.6 is 0 Å². The number of hydrogen-bond donors (Lipinski definition) is 2. The fourth-order valence-electron chi connectivity index (χ4n) is 3.03. The van der Waals surface area contributed by atoms with Gasteiger partial charge in [-0.05, 0) is 41.3 Å². The maximum Gasteiger partial charge on any atom is 0.435 e. The second-order valence-electron chi connectivity index (χ2n) is 8.43. The fraction of sp³-hybridized carbons (Fsp3) is 0.273. The van der Waals surface area contributed by atoms with E-state index in [1.54, 1.807) is 12.1 Å². The monoisotopic (exact) mass is 480 g/mol. The number of nitrogens with one attached hydrogen (secondary N) is 2. The van der Waals surface area contributed by atoms with Crippen molar-refractivity contribution in [3.63, 3.8) is 0 Å². The molecule has 0 saturated carbocycles. The molecule has 0 aliphatic carbocycles. The number of nitrogens with zero attached hydrogens (tertiary/aromatic N) is 2. The van der Waals surface area contributed by atoms with E-state index in [2.05, 4.69) is 5.10 Å². The van der Waals surface area contributed by atoms with E-state index >= 15 is 0 Å². The molecule has 0 atom stereocenters. The van der Waals surface area contributed by atoms with E-state index in [1.807, 2.05) is 43.2 Å². The van der Waals surface area contributed by atoms with Crippen LogP contribution in [-0.2, 0) is 26.4 Å². The van der Waals surface area contributed by atoms with Gasteiger partial charge in [-0.15, -0.1) is 4.83 Å². The van der Waals surface area contributed by atoms with Crippen molar-refractivity contribution in [2.45, 2.75) is 44.2 Å². The first-order chi connectivity index (χ1) is 15.2. The van der Waals surface area contributed by atoms with Crippen LogP contribution in [0.1, 0.15) is 39.0 Å². The minimum absolute atomic E-state index is 0.123. The molecule has 0 bridgehead atoms. The highest BCUT2D eigenvalue weighted by Gasteiger charge is 2.35. The van der Waals surface area contributed by atoms with Crippen LogP contribution in [0.25, 0.3) is 16.9 Å². The maximum absolute atomic E-state index is 13.4. The lowest BCUT2D eigenvalue weighted by atomic mass is 9.86.